The molecule has 21 heavy (non-hydrogen) atoms. The van der Waals surface area contributed by atoms with Crippen molar-refractivity contribution >= 4 is 34.5 Å². The lowest BCUT2D eigenvalue weighted by molar-refractivity contribution is -0.385. The summed E-state index contributed by atoms with van der Waals surface area (Å²) in [6.07, 6.45) is 1.64. The molecule has 1 amide bonds. The molecule has 2 rings (SSSR count). The summed E-state index contributed by atoms with van der Waals surface area (Å²) >= 11 is 7.28. The van der Waals surface area contributed by atoms with E-state index in [4.69, 9.17) is 11.6 Å². The molecule has 0 aliphatic heterocycles. The monoisotopic (exact) mass is 325 g/mol. The largest absolute Gasteiger partial charge is 0.349 e. The summed E-state index contributed by atoms with van der Waals surface area (Å²) < 4.78 is 0. The molecule has 0 aliphatic rings. The van der Waals surface area contributed by atoms with Gasteiger partial charge < -0.3 is 5.32 Å². The number of carbonyl (C=O) groups is 1. The number of hydrogen-bond donors (Lipinski definition) is 1. The molecule has 0 aromatic carbocycles. The Labute approximate surface area is 129 Å². The van der Waals surface area contributed by atoms with E-state index in [1.54, 1.807) is 11.3 Å². The lowest BCUT2D eigenvalue weighted by atomic mass is 10.1. The van der Waals surface area contributed by atoms with E-state index in [9.17, 15) is 14.9 Å². The number of carbonyl (C=O) groups excluding carboxylic acids is 1. The maximum absolute atomic E-state index is 12.2. The smallest absolute Gasteiger partial charge is 0.300 e. The average Bonchev–Trinajstić information content (AvgIpc) is 2.90. The zero-order chi connectivity index (χ0) is 15.4. The summed E-state index contributed by atoms with van der Waals surface area (Å²) in [7, 11) is 0. The predicted molar refractivity (Wildman–Crippen MR) is 80.9 cm³/mol. The minimum absolute atomic E-state index is 0.0382. The third-order valence-corrected chi connectivity index (χ3v) is 3.73. The van der Waals surface area contributed by atoms with E-state index in [2.05, 4.69) is 10.3 Å². The molecule has 0 bridgehead atoms. The summed E-state index contributed by atoms with van der Waals surface area (Å²) in [5.41, 5.74) is 0.659. The van der Waals surface area contributed by atoms with E-state index >= 15 is 0 Å². The Kier molecular flexibility index (Phi) is 4.87. The number of amides is 1. The highest BCUT2D eigenvalue weighted by Crippen LogP contribution is 2.20. The van der Waals surface area contributed by atoms with Gasteiger partial charge in [0.15, 0.2) is 0 Å². The number of nitrogens with zero attached hydrogens (tertiary/aromatic N) is 2. The number of nitro groups is 1. The Morgan fingerprint density at radius 2 is 2.38 bits per heavy atom. The molecule has 0 saturated carbocycles. The van der Waals surface area contributed by atoms with Crippen molar-refractivity contribution in [3.63, 3.8) is 0 Å². The van der Waals surface area contributed by atoms with E-state index in [-0.39, 0.29) is 22.4 Å². The van der Waals surface area contributed by atoms with Crippen molar-refractivity contribution in [3.05, 3.63) is 55.5 Å². The van der Waals surface area contributed by atoms with Crippen molar-refractivity contribution in [2.75, 3.05) is 0 Å². The van der Waals surface area contributed by atoms with Crippen LogP contribution < -0.4 is 5.32 Å². The second-order valence-electron chi connectivity index (χ2n) is 4.49. The average molecular weight is 326 g/mol. The number of thiophene rings is 1. The second kappa shape index (κ2) is 6.64. The van der Waals surface area contributed by atoms with Gasteiger partial charge in [0, 0.05) is 6.04 Å². The SMILES string of the molecule is CC(Cc1ccsc1)NC(=O)c1cc(Cl)ncc1[N+](=O)[O-]. The van der Waals surface area contributed by atoms with Crippen molar-refractivity contribution in [2.24, 2.45) is 0 Å². The molecule has 2 heterocycles. The Balaban J connectivity index is 2.12. The molecule has 2 aromatic heterocycles. The summed E-state index contributed by atoms with van der Waals surface area (Å²) in [5, 5.41) is 17.6. The highest BCUT2D eigenvalue weighted by molar-refractivity contribution is 7.07. The van der Waals surface area contributed by atoms with Gasteiger partial charge in [0.05, 0.1) is 4.92 Å². The van der Waals surface area contributed by atoms with Gasteiger partial charge in [-0.25, -0.2) is 4.98 Å². The van der Waals surface area contributed by atoms with E-state index in [1.165, 1.54) is 6.07 Å². The Bertz CT molecular complexity index is 661. The fourth-order valence-corrected chi connectivity index (χ4v) is 2.70. The van der Waals surface area contributed by atoms with Crippen molar-refractivity contribution < 1.29 is 9.72 Å². The van der Waals surface area contributed by atoms with E-state index < -0.39 is 10.8 Å². The molecule has 8 heteroatoms. The summed E-state index contributed by atoms with van der Waals surface area (Å²) in [4.78, 5) is 26.1. The van der Waals surface area contributed by atoms with Gasteiger partial charge >= 0.3 is 0 Å². The number of rotatable bonds is 5. The van der Waals surface area contributed by atoms with Crippen LogP contribution in [0.15, 0.2) is 29.1 Å². The van der Waals surface area contributed by atoms with Crippen LogP contribution in [0.25, 0.3) is 0 Å². The van der Waals surface area contributed by atoms with Gasteiger partial charge in [-0.05, 0) is 41.8 Å². The van der Waals surface area contributed by atoms with Gasteiger partial charge in [-0.15, -0.1) is 0 Å². The Morgan fingerprint density at radius 1 is 1.62 bits per heavy atom. The molecule has 0 aliphatic carbocycles. The van der Waals surface area contributed by atoms with E-state index in [1.807, 2.05) is 23.8 Å². The molecule has 110 valence electrons. The summed E-state index contributed by atoms with van der Waals surface area (Å²) in [6, 6.07) is 3.02. The number of pyridine rings is 1. The van der Waals surface area contributed by atoms with Gasteiger partial charge in [-0.2, -0.15) is 11.3 Å². The number of aromatic nitrogens is 1. The quantitative estimate of drug-likeness (QED) is 0.520. The molecule has 0 radical (unpaired) electrons. The molecular formula is C13H12ClN3O3S. The normalized spacial score (nSPS) is 11.9. The van der Waals surface area contributed by atoms with Gasteiger partial charge in [0.1, 0.15) is 16.9 Å². The predicted octanol–water partition coefficient (Wildman–Crippen LogP) is 3.07. The Hall–Kier alpha value is -1.99. The zero-order valence-electron chi connectivity index (χ0n) is 11.1. The molecule has 0 spiro atoms. The maximum Gasteiger partial charge on any atom is 0.300 e. The van der Waals surface area contributed by atoms with Crippen LogP contribution in [0.4, 0.5) is 5.69 Å². The van der Waals surface area contributed by atoms with Crippen molar-refractivity contribution in [1.82, 2.24) is 10.3 Å². The van der Waals surface area contributed by atoms with E-state index in [0.29, 0.717) is 6.42 Å². The van der Waals surface area contributed by atoms with Gasteiger partial charge in [0.25, 0.3) is 11.6 Å². The molecule has 1 N–H and O–H groups in total. The molecule has 0 saturated heterocycles. The van der Waals surface area contributed by atoms with Crippen LogP contribution in [0.2, 0.25) is 5.15 Å². The minimum Gasteiger partial charge on any atom is -0.349 e. The number of hydrogen-bond acceptors (Lipinski definition) is 5. The first-order valence-corrected chi connectivity index (χ1v) is 7.41. The molecule has 0 fully saturated rings. The van der Waals surface area contributed by atoms with Crippen molar-refractivity contribution in [1.29, 1.82) is 0 Å². The number of nitrogens with one attached hydrogen (secondary N) is 1. The van der Waals surface area contributed by atoms with Gasteiger partial charge in [-0.3, -0.25) is 14.9 Å². The molecular weight excluding hydrogens is 314 g/mol. The summed E-state index contributed by atoms with van der Waals surface area (Å²) in [6.45, 7) is 1.84. The third kappa shape index (κ3) is 3.99. The molecule has 6 nitrogen and oxygen atoms in total. The Morgan fingerprint density at radius 3 is 3.00 bits per heavy atom. The fraction of sp³-hybridized carbons (Fsp3) is 0.231. The van der Waals surface area contributed by atoms with Crippen LogP contribution >= 0.6 is 22.9 Å². The van der Waals surface area contributed by atoms with Crippen molar-refractivity contribution in [3.8, 4) is 0 Å². The van der Waals surface area contributed by atoms with Crippen LogP contribution in [0, 0.1) is 10.1 Å². The lowest BCUT2D eigenvalue weighted by Gasteiger charge is -2.13. The zero-order valence-corrected chi connectivity index (χ0v) is 12.6. The topological polar surface area (TPSA) is 85.1 Å². The summed E-state index contributed by atoms with van der Waals surface area (Å²) in [5.74, 6) is -0.534. The molecule has 1 atom stereocenters. The van der Waals surface area contributed by atoms with Crippen LogP contribution in [0.3, 0.4) is 0 Å². The standard InChI is InChI=1S/C13H12ClN3O3S/c1-8(4-9-2-3-21-7-9)16-13(18)10-5-12(14)15-6-11(10)17(19)20/h2-3,5-8H,4H2,1H3,(H,16,18). The lowest BCUT2D eigenvalue weighted by Crippen LogP contribution is -2.34. The second-order valence-corrected chi connectivity index (χ2v) is 5.66. The third-order valence-electron chi connectivity index (χ3n) is 2.79. The molecule has 2 aromatic rings. The first-order valence-electron chi connectivity index (χ1n) is 6.09. The highest BCUT2D eigenvalue weighted by Gasteiger charge is 2.22. The maximum atomic E-state index is 12.2. The number of halogens is 1. The van der Waals surface area contributed by atoms with Gasteiger partial charge in [0.2, 0.25) is 0 Å². The van der Waals surface area contributed by atoms with Crippen molar-refractivity contribution in [2.45, 2.75) is 19.4 Å². The highest BCUT2D eigenvalue weighted by atomic mass is 35.5. The van der Waals surface area contributed by atoms with Crippen LogP contribution in [0.1, 0.15) is 22.8 Å². The van der Waals surface area contributed by atoms with Crippen LogP contribution in [-0.2, 0) is 6.42 Å². The van der Waals surface area contributed by atoms with Crippen LogP contribution in [0.5, 0.6) is 0 Å². The first kappa shape index (κ1) is 15.4. The van der Waals surface area contributed by atoms with Gasteiger partial charge in [-0.1, -0.05) is 11.6 Å². The minimum atomic E-state index is -0.651. The van der Waals surface area contributed by atoms with E-state index in [0.717, 1.165) is 11.8 Å². The fourth-order valence-electron chi connectivity index (χ4n) is 1.86. The first-order chi connectivity index (χ1) is 9.97. The van der Waals surface area contributed by atoms with Crippen LogP contribution in [-0.4, -0.2) is 21.9 Å². The molecule has 1 unspecified atom stereocenters.